The van der Waals surface area contributed by atoms with Crippen molar-refractivity contribution in [3.8, 4) is 17.2 Å². The minimum absolute atomic E-state index is 0.396. The Morgan fingerprint density at radius 3 is 2.52 bits per heavy atom. The van der Waals surface area contributed by atoms with Gasteiger partial charge in [-0.2, -0.15) is 5.10 Å². The number of thiocarbonyl (C=S) groups is 1. The molecule has 2 aromatic rings. The summed E-state index contributed by atoms with van der Waals surface area (Å²) < 4.78 is 17.3. The number of nitrogens with one attached hydrogen (secondary N) is 2. The summed E-state index contributed by atoms with van der Waals surface area (Å²) in [6.45, 7) is 11.4. The second-order valence-corrected chi connectivity index (χ2v) is 7.58. The maximum absolute atomic E-state index is 5.98. The van der Waals surface area contributed by atoms with E-state index in [-0.39, 0.29) is 0 Å². The first kappa shape index (κ1) is 24.2. The van der Waals surface area contributed by atoms with Crippen molar-refractivity contribution in [1.82, 2.24) is 10.7 Å². The van der Waals surface area contributed by atoms with Gasteiger partial charge in [-0.25, -0.2) is 0 Å². The van der Waals surface area contributed by atoms with Crippen molar-refractivity contribution >= 4 is 23.5 Å². The van der Waals surface area contributed by atoms with Gasteiger partial charge in [0.05, 0.1) is 13.3 Å². The number of hydrazone groups is 1. The Hall–Kier alpha value is -3.06. The summed E-state index contributed by atoms with van der Waals surface area (Å²) in [7, 11) is 1.61. The Bertz CT molecular complexity index is 913. The minimum Gasteiger partial charge on any atom is -0.493 e. The van der Waals surface area contributed by atoms with Crippen LogP contribution < -0.4 is 25.0 Å². The Labute approximate surface area is 190 Å². The summed E-state index contributed by atoms with van der Waals surface area (Å²) in [5.74, 6) is 2.57. The van der Waals surface area contributed by atoms with Gasteiger partial charge >= 0.3 is 0 Å². The van der Waals surface area contributed by atoms with Gasteiger partial charge < -0.3 is 19.5 Å². The van der Waals surface area contributed by atoms with Crippen LogP contribution in [0.4, 0.5) is 0 Å². The molecule has 0 saturated heterocycles. The summed E-state index contributed by atoms with van der Waals surface area (Å²) >= 11 is 5.09. The molecule has 0 aliphatic carbocycles. The summed E-state index contributed by atoms with van der Waals surface area (Å²) in [6.07, 6.45) is 3.37. The number of hydrogen-bond acceptors (Lipinski definition) is 5. The molecule has 6 nitrogen and oxygen atoms in total. The third-order valence-corrected chi connectivity index (χ3v) is 4.60. The Morgan fingerprint density at radius 2 is 1.84 bits per heavy atom. The highest BCUT2D eigenvalue weighted by atomic mass is 32.1. The molecular formula is C24H31N3O3S. The molecular weight excluding hydrogens is 410 g/mol. The molecule has 0 aromatic heterocycles. The van der Waals surface area contributed by atoms with Crippen molar-refractivity contribution in [2.45, 2.75) is 26.7 Å². The fourth-order valence-electron chi connectivity index (χ4n) is 2.80. The fraction of sp³-hybridized carbons (Fsp3) is 0.333. The van der Waals surface area contributed by atoms with Crippen molar-refractivity contribution in [1.29, 1.82) is 0 Å². The van der Waals surface area contributed by atoms with Crippen molar-refractivity contribution in [3.63, 3.8) is 0 Å². The molecule has 0 bridgehead atoms. The quantitative estimate of drug-likeness (QED) is 0.175. The number of methoxy groups -OCH3 is 1. The molecule has 0 aliphatic rings. The molecule has 2 rings (SSSR count). The summed E-state index contributed by atoms with van der Waals surface area (Å²) in [5, 5.41) is 7.47. The van der Waals surface area contributed by atoms with Crippen LogP contribution in [-0.4, -0.2) is 38.2 Å². The van der Waals surface area contributed by atoms with Crippen LogP contribution in [0, 0.1) is 6.92 Å². The average Bonchev–Trinajstić information content (AvgIpc) is 2.75. The van der Waals surface area contributed by atoms with Gasteiger partial charge in [-0.15, -0.1) is 6.58 Å². The molecule has 0 aliphatic heterocycles. The largest absolute Gasteiger partial charge is 0.493 e. The van der Waals surface area contributed by atoms with E-state index in [2.05, 4.69) is 61.4 Å². The standard InChI is InChI=1S/C24H31N3O3S/c1-6-11-25-24(31)27-26-16-19-8-10-21(23(15-19)28-5)29-12-13-30-22-14-18(4)7-9-20(22)17(2)3/h6-10,14-17H,1,11-13H2,2-5H3,(H2,25,27,31). The zero-order valence-corrected chi connectivity index (χ0v) is 19.4. The Morgan fingerprint density at radius 1 is 1.10 bits per heavy atom. The number of nitrogens with zero attached hydrogens (tertiary/aromatic N) is 1. The van der Waals surface area contributed by atoms with E-state index in [1.54, 1.807) is 19.4 Å². The lowest BCUT2D eigenvalue weighted by Crippen LogP contribution is -2.31. The number of hydrogen-bond donors (Lipinski definition) is 2. The van der Waals surface area contributed by atoms with Gasteiger partial charge in [0.15, 0.2) is 16.6 Å². The molecule has 166 valence electrons. The van der Waals surface area contributed by atoms with E-state index in [4.69, 9.17) is 26.4 Å². The molecule has 0 heterocycles. The smallest absolute Gasteiger partial charge is 0.187 e. The van der Waals surface area contributed by atoms with E-state index >= 15 is 0 Å². The van der Waals surface area contributed by atoms with Crippen molar-refractivity contribution in [2.24, 2.45) is 5.10 Å². The molecule has 31 heavy (non-hydrogen) atoms. The predicted octanol–water partition coefficient (Wildman–Crippen LogP) is 4.57. The van der Waals surface area contributed by atoms with E-state index in [9.17, 15) is 0 Å². The lowest BCUT2D eigenvalue weighted by atomic mass is 10.0. The summed E-state index contributed by atoms with van der Waals surface area (Å²) in [5.41, 5.74) is 5.96. The van der Waals surface area contributed by atoms with Gasteiger partial charge in [-0.1, -0.05) is 32.1 Å². The topological polar surface area (TPSA) is 64.1 Å². The number of rotatable bonds is 11. The Balaban J connectivity index is 1.91. The van der Waals surface area contributed by atoms with E-state index < -0.39 is 0 Å². The van der Waals surface area contributed by atoms with Crippen LogP contribution in [0.15, 0.2) is 54.2 Å². The van der Waals surface area contributed by atoms with Crippen LogP contribution in [0.2, 0.25) is 0 Å². The normalized spacial score (nSPS) is 10.7. The maximum Gasteiger partial charge on any atom is 0.187 e. The zero-order chi connectivity index (χ0) is 22.6. The van der Waals surface area contributed by atoms with E-state index in [1.165, 1.54) is 11.1 Å². The van der Waals surface area contributed by atoms with Crippen LogP contribution in [0.5, 0.6) is 17.2 Å². The van der Waals surface area contributed by atoms with E-state index in [0.29, 0.717) is 42.3 Å². The average molecular weight is 442 g/mol. The number of ether oxygens (including phenoxy) is 3. The highest BCUT2D eigenvalue weighted by Gasteiger charge is 2.09. The molecule has 0 saturated carbocycles. The van der Waals surface area contributed by atoms with Crippen LogP contribution >= 0.6 is 12.2 Å². The third-order valence-electron chi connectivity index (χ3n) is 4.36. The van der Waals surface area contributed by atoms with Gasteiger partial charge in [0.1, 0.15) is 19.0 Å². The lowest BCUT2D eigenvalue weighted by Gasteiger charge is -2.16. The molecule has 7 heteroatoms. The second kappa shape index (κ2) is 12.6. The number of aryl methyl sites for hydroxylation is 1. The summed E-state index contributed by atoms with van der Waals surface area (Å²) in [6, 6.07) is 11.9. The molecule has 0 unspecified atom stereocenters. The van der Waals surface area contributed by atoms with Gasteiger partial charge in [0.2, 0.25) is 0 Å². The van der Waals surface area contributed by atoms with E-state index in [1.807, 2.05) is 18.2 Å². The molecule has 0 radical (unpaired) electrons. The lowest BCUT2D eigenvalue weighted by molar-refractivity contribution is 0.210. The van der Waals surface area contributed by atoms with Crippen LogP contribution in [0.3, 0.4) is 0 Å². The SMILES string of the molecule is C=CCNC(=S)NN=Cc1ccc(OCCOc2cc(C)ccc2C(C)C)c(OC)c1. The van der Waals surface area contributed by atoms with Gasteiger partial charge in [-0.3, -0.25) is 5.43 Å². The fourth-order valence-corrected chi connectivity index (χ4v) is 2.94. The molecule has 0 fully saturated rings. The highest BCUT2D eigenvalue weighted by Crippen LogP contribution is 2.29. The predicted molar refractivity (Wildman–Crippen MR) is 131 cm³/mol. The van der Waals surface area contributed by atoms with Gasteiger partial charge in [-0.05, 0) is 66.0 Å². The molecule has 2 aromatic carbocycles. The molecule has 2 N–H and O–H groups in total. The van der Waals surface area contributed by atoms with Crippen molar-refractivity contribution in [2.75, 3.05) is 26.9 Å². The minimum atomic E-state index is 0.396. The van der Waals surface area contributed by atoms with Gasteiger partial charge in [0.25, 0.3) is 0 Å². The first-order valence-corrected chi connectivity index (χ1v) is 10.6. The third kappa shape index (κ3) is 7.94. The van der Waals surface area contributed by atoms with Crippen LogP contribution in [-0.2, 0) is 0 Å². The van der Waals surface area contributed by atoms with Crippen LogP contribution in [0.25, 0.3) is 0 Å². The molecule has 0 amide bonds. The molecule has 0 atom stereocenters. The highest BCUT2D eigenvalue weighted by molar-refractivity contribution is 7.80. The van der Waals surface area contributed by atoms with Crippen molar-refractivity contribution in [3.05, 3.63) is 65.7 Å². The summed E-state index contributed by atoms with van der Waals surface area (Å²) in [4.78, 5) is 0. The monoisotopic (exact) mass is 441 g/mol. The van der Waals surface area contributed by atoms with Crippen LogP contribution in [0.1, 0.15) is 36.5 Å². The molecule has 0 spiro atoms. The van der Waals surface area contributed by atoms with Crippen molar-refractivity contribution < 1.29 is 14.2 Å². The maximum atomic E-state index is 5.98. The number of benzene rings is 2. The first-order valence-electron chi connectivity index (χ1n) is 10.2. The van der Waals surface area contributed by atoms with E-state index in [0.717, 1.165) is 11.3 Å². The van der Waals surface area contributed by atoms with Gasteiger partial charge in [0, 0.05) is 6.54 Å². The zero-order valence-electron chi connectivity index (χ0n) is 18.6. The Kier molecular flexibility index (Phi) is 9.84. The first-order chi connectivity index (χ1) is 14.9. The second-order valence-electron chi connectivity index (χ2n) is 7.17.